The number of halogens is 1. The molecular weight excluding hydrogens is 521 g/mol. The molecule has 3 saturated carbocycles. The van der Waals surface area contributed by atoms with E-state index < -0.39 is 5.82 Å². The predicted molar refractivity (Wildman–Crippen MR) is 159 cm³/mol. The summed E-state index contributed by atoms with van der Waals surface area (Å²) < 4.78 is 18.9. The molecule has 1 amide bonds. The summed E-state index contributed by atoms with van der Waals surface area (Å²) in [5.41, 5.74) is 4.17. The van der Waals surface area contributed by atoms with Gasteiger partial charge in [0.1, 0.15) is 27.6 Å². The van der Waals surface area contributed by atoms with E-state index >= 15 is 4.39 Å². The van der Waals surface area contributed by atoms with Gasteiger partial charge in [-0.05, 0) is 66.7 Å². The van der Waals surface area contributed by atoms with Gasteiger partial charge in [0.05, 0.1) is 5.52 Å². The van der Waals surface area contributed by atoms with Crippen molar-refractivity contribution in [1.29, 1.82) is 0 Å². The number of pyridine rings is 2. The number of aromatic nitrogens is 4. The second kappa shape index (κ2) is 9.54. The number of nitrogens with zero attached hydrogens (tertiary/aromatic N) is 5. The highest BCUT2D eigenvalue weighted by molar-refractivity contribution is 7.98. The summed E-state index contributed by atoms with van der Waals surface area (Å²) in [7, 11) is 3.56. The van der Waals surface area contributed by atoms with Crippen molar-refractivity contribution in [3.05, 3.63) is 59.8 Å². The second-order valence-electron chi connectivity index (χ2n) is 11.5. The number of hydrogen-bond acceptors (Lipinski definition) is 5. The lowest BCUT2D eigenvalue weighted by molar-refractivity contribution is -0.128. The zero-order chi connectivity index (χ0) is 27.7. The average Bonchev–Trinajstić information content (AvgIpc) is 3.67. The Kier molecular flexibility index (Phi) is 6.07. The molecule has 40 heavy (non-hydrogen) atoms. The van der Waals surface area contributed by atoms with Crippen LogP contribution in [-0.2, 0) is 11.2 Å². The summed E-state index contributed by atoms with van der Waals surface area (Å²) in [6, 6.07) is 12.5. The SMILES string of the molecule is CSc1nc2c(F)c(-c3cc(C)cc4ccccc34)ncc2c2c1nc(CCC(=O)N(C)C)n2C1C2CCC1C2. The van der Waals surface area contributed by atoms with Crippen molar-refractivity contribution < 1.29 is 9.18 Å². The van der Waals surface area contributed by atoms with Gasteiger partial charge < -0.3 is 9.47 Å². The summed E-state index contributed by atoms with van der Waals surface area (Å²) in [5, 5.41) is 3.42. The van der Waals surface area contributed by atoms with Crippen molar-refractivity contribution in [2.24, 2.45) is 11.8 Å². The van der Waals surface area contributed by atoms with E-state index in [2.05, 4.69) is 10.6 Å². The fourth-order valence-corrected chi connectivity index (χ4v) is 7.53. The molecule has 2 bridgehead atoms. The van der Waals surface area contributed by atoms with Gasteiger partial charge in [0.15, 0.2) is 5.82 Å². The van der Waals surface area contributed by atoms with Crippen LogP contribution in [0.2, 0.25) is 0 Å². The van der Waals surface area contributed by atoms with Crippen LogP contribution in [0, 0.1) is 24.6 Å². The van der Waals surface area contributed by atoms with E-state index in [0.717, 1.165) is 38.8 Å². The third kappa shape index (κ3) is 3.83. The maximum Gasteiger partial charge on any atom is 0.222 e. The third-order valence-electron chi connectivity index (χ3n) is 8.94. The van der Waals surface area contributed by atoms with Crippen LogP contribution in [0.1, 0.15) is 43.1 Å². The molecule has 3 aromatic heterocycles. The van der Waals surface area contributed by atoms with Crippen molar-refractivity contribution in [2.45, 2.75) is 50.1 Å². The Balaban J connectivity index is 1.48. The zero-order valence-corrected chi connectivity index (χ0v) is 24.1. The topological polar surface area (TPSA) is 63.9 Å². The van der Waals surface area contributed by atoms with E-state index in [-0.39, 0.29) is 5.91 Å². The van der Waals surface area contributed by atoms with Gasteiger partial charge >= 0.3 is 0 Å². The smallest absolute Gasteiger partial charge is 0.222 e. The highest BCUT2D eigenvalue weighted by atomic mass is 32.2. The minimum atomic E-state index is -0.404. The Morgan fingerprint density at radius 3 is 2.60 bits per heavy atom. The van der Waals surface area contributed by atoms with E-state index in [1.54, 1.807) is 25.2 Å². The largest absolute Gasteiger partial charge is 0.349 e. The molecule has 5 aromatic rings. The molecule has 0 spiro atoms. The van der Waals surface area contributed by atoms with E-state index in [1.807, 2.05) is 43.5 Å². The van der Waals surface area contributed by atoms with Crippen LogP contribution >= 0.6 is 11.8 Å². The van der Waals surface area contributed by atoms with Crippen LogP contribution in [0.25, 0.3) is 44.0 Å². The Hall–Kier alpha value is -3.52. The van der Waals surface area contributed by atoms with Gasteiger partial charge in [-0.1, -0.05) is 30.3 Å². The molecule has 0 N–H and O–H groups in total. The molecule has 6 nitrogen and oxygen atoms in total. The number of amides is 1. The van der Waals surface area contributed by atoms with Gasteiger partial charge in [-0.15, -0.1) is 11.8 Å². The number of thioether (sulfide) groups is 1. The molecule has 0 saturated heterocycles. The first-order valence-corrected chi connectivity index (χ1v) is 15.2. The minimum Gasteiger partial charge on any atom is -0.349 e. The number of carbonyl (C=O) groups excluding carboxylic acids is 1. The molecule has 0 radical (unpaired) electrons. The van der Waals surface area contributed by atoms with Crippen LogP contribution in [0.5, 0.6) is 0 Å². The quantitative estimate of drug-likeness (QED) is 0.213. The molecule has 2 unspecified atom stereocenters. The molecule has 8 heteroatoms. The number of imidazole rings is 1. The molecule has 3 fully saturated rings. The first-order chi connectivity index (χ1) is 19.4. The van der Waals surface area contributed by atoms with Crippen LogP contribution in [0.15, 0.2) is 47.6 Å². The lowest BCUT2D eigenvalue weighted by atomic mass is 9.78. The minimum absolute atomic E-state index is 0.0750. The van der Waals surface area contributed by atoms with E-state index in [1.165, 1.54) is 31.0 Å². The number of benzene rings is 2. The lowest BCUT2D eigenvalue weighted by Crippen LogP contribution is -2.32. The van der Waals surface area contributed by atoms with Gasteiger partial charge in [0, 0.05) is 50.1 Å². The van der Waals surface area contributed by atoms with Crippen LogP contribution in [0.4, 0.5) is 4.39 Å². The molecule has 0 aliphatic heterocycles. The van der Waals surface area contributed by atoms with E-state index in [4.69, 9.17) is 15.0 Å². The Labute approximate surface area is 237 Å². The second-order valence-corrected chi connectivity index (χ2v) is 12.3. The highest BCUT2D eigenvalue weighted by Gasteiger charge is 2.49. The van der Waals surface area contributed by atoms with Gasteiger partial charge in [0.2, 0.25) is 5.91 Å². The van der Waals surface area contributed by atoms with Gasteiger partial charge in [0.25, 0.3) is 0 Å². The number of rotatable bonds is 6. The lowest BCUT2D eigenvalue weighted by Gasteiger charge is -2.38. The van der Waals surface area contributed by atoms with Crippen molar-refractivity contribution in [3.63, 3.8) is 0 Å². The number of hydrogen-bond donors (Lipinski definition) is 0. The van der Waals surface area contributed by atoms with Crippen LogP contribution < -0.4 is 0 Å². The average molecular weight is 554 g/mol. The summed E-state index contributed by atoms with van der Waals surface area (Å²) >= 11 is 1.49. The molecule has 3 heterocycles. The van der Waals surface area contributed by atoms with Gasteiger partial charge in [-0.3, -0.25) is 9.78 Å². The number of fused-ring (bicyclic) bond motifs is 5. The Morgan fingerprint density at radius 1 is 1.10 bits per heavy atom. The molecule has 204 valence electrons. The van der Waals surface area contributed by atoms with Crippen molar-refractivity contribution >= 4 is 50.4 Å². The fraction of sp³-hybridized carbons (Fsp3) is 0.375. The van der Waals surface area contributed by atoms with Crippen molar-refractivity contribution in [2.75, 3.05) is 20.4 Å². The predicted octanol–water partition coefficient (Wildman–Crippen LogP) is 6.96. The monoisotopic (exact) mass is 553 g/mol. The van der Waals surface area contributed by atoms with Gasteiger partial charge in [-0.25, -0.2) is 14.4 Å². The van der Waals surface area contributed by atoms with Gasteiger partial charge in [-0.2, -0.15) is 0 Å². The molecule has 3 aliphatic carbocycles. The number of carbonyl (C=O) groups is 1. The highest BCUT2D eigenvalue weighted by Crippen LogP contribution is 2.58. The maximum absolute atomic E-state index is 16.6. The van der Waals surface area contributed by atoms with Crippen molar-refractivity contribution in [3.8, 4) is 11.3 Å². The fourth-order valence-electron chi connectivity index (χ4n) is 7.01. The third-order valence-corrected chi connectivity index (χ3v) is 9.61. The molecule has 2 atom stereocenters. The summed E-state index contributed by atoms with van der Waals surface area (Å²) in [6.07, 6.45) is 8.33. The standard InChI is InChI=1S/C32H32FN5OS/c1-17-13-18-7-5-6-8-21(18)22(14-17)27-26(33)28-23(16-34-27)31-29(32(36-28)40-4)35-24(11-12-25(39)37(2)3)38(31)30-19-9-10-20(30)15-19/h5-8,13-14,16,19-20,30H,9-12,15H2,1-4H3. The van der Waals surface area contributed by atoms with Crippen LogP contribution in [-0.4, -0.2) is 50.7 Å². The van der Waals surface area contributed by atoms with Crippen LogP contribution in [0.3, 0.4) is 0 Å². The molecule has 8 rings (SSSR count). The first-order valence-electron chi connectivity index (χ1n) is 14.0. The zero-order valence-electron chi connectivity index (χ0n) is 23.2. The normalized spacial score (nSPS) is 20.0. The van der Waals surface area contributed by atoms with E-state index in [9.17, 15) is 4.79 Å². The summed E-state index contributed by atoms with van der Waals surface area (Å²) in [6.45, 7) is 2.02. The molecule has 2 aromatic carbocycles. The first kappa shape index (κ1) is 25.4. The molecular formula is C32H32FN5OS. The molecule has 3 aliphatic rings. The van der Waals surface area contributed by atoms with Crippen molar-refractivity contribution in [1.82, 2.24) is 24.4 Å². The Bertz CT molecular complexity index is 1820. The number of aryl methyl sites for hydroxylation is 2. The maximum atomic E-state index is 16.6. The summed E-state index contributed by atoms with van der Waals surface area (Å²) in [4.78, 5) is 28.8. The van der Waals surface area contributed by atoms with E-state index in [0.29, 0.717) is 52.3 Å². The summed E-state index contributed by atoms with van der Waals surface area (Å²) in [5.74, 6) is 1.76. The Morgan fingerprint density at radius 2 is 1.88 bits per heavy atom.